The first-order valence-corrected chi connectivity index (χ1v) is 10.1. The van der Waals surface area contributed by atoms with Crippen LogP contribution in [0.25, 0.3) is 0 Å². The highest BCUT2D eigenvalue weighted by molar-refractivity contribution is 5.77. The molecule has 0 N–H and O–H groups in total. The van der Waals surface area contributed by atoms with Gasteiger partial charge in [-0.2, -0.15) is 0 Å². The molecule has 1 saturated carbocycles. The summed E-state index contributed by atoms with van der Waals surface area (Å²) in [6, 6.07) is 3.95. The minimum absolute atomic E-state index is 0.119. The minimum atomic E-state index is -0.193. The maximum atomic E-state index is 12.7. The van der Waals surface area contributed by atoms with Gasteiger partial charge in [-0.25, -0.2) is 0 Å². The van der Waals surface area contributed by atoms with E-state index in [1.807, 2.05) is 23.2 Å². The molecule has 1 atom stereocenters. The van der Waals surface area contributed by atoms with Gasteiger partial charge >= 0.3 is 0 Å². The zero-order valence-electron chi connectivity index (χ0n) is 16.2. The number of hydrogen-bond donors (Lipinski definition) is 0. The number of methoxy groups -OCH3 is 1. The number of ether oxygens (including phenoxy) is 3. The van der Waals surface area contributed by atoms with E-state index in [0.717, 1.165) is 50.8 Å². The zero-order valence-corrected chi connectivity index (χ0v) is 16.2. The number of nitrogens with zero attached hydrogens (tertiary/aromatic N) is 2. The third-order valence-electron chi connectivity index (χ3n) is 6.58. The number of likely N-dealkylation sites (tertiary alicyclic amines) is 1. The Hall–Kier alpha value is -1.50. The molecule has 27 heavy (non-hydrogen) atoms. The van der Waals surface area contributed by atoms with E-state index in [9.17, 15) is 4.79 Å². The van der Waals surface area contributed by atoms with E-state index in [0.29, 0.717) is 19.6 Å². The Labute approximate surface area is 161 Å². The van der Waals surface area contributed by atoms with Crippen molar-refractivity contribution in [3.63, 3.8) is 0 Å². The van der Waals surface area contributed by atoms with Crippen LogP contribution in [0.5, 0.6) is 0 Å². The molecule has 1 unspecified atom stereocenters. The van der Waals surface area contributed by atoms with Crippen LogP contribution in [0.2, 0.25) is 0 Å². The molecule has 6 heteroatoms. The summed E-state index contributed by atoms with van der Waals surface area (Å²) in [6.45, 7) is 2.75. The Morgan fingerprint density at radius 1 is 1.33 bits per heavy atom. The fourth-order valence-electron chi connectivity index (χ4n) is 4.53. The molecule has 1 amide bonds. The first-order chi connectivity index (χ1) is 13.1. The van der Waals surface area contributed by atoms with E-state index >= 15 is 0 Å². The van der Waals surface area contributed by atoms with E-state index in [-0.39, 0.29) is 23.2 Å². The Bertz CT molecular complexity index is 633. The number of rotatable bonds is 6. The lowest BCUT2D eigenvalue weighted by Crippen LogP contribution is -2.50. The molecule has 2 saturated heterocycles. The molecule has 0 bridgehead atoms. The summed E-state index contributed by atoms with van der Waals surface area (Å²) in [5.41, 5.74) is 0.773. The lowest BCUT2D eigenvalue weighted by molar-refractivity contribution is -0.148. The Morgan fingerprint density at radius 3 is 2.78 bits per heavy atom. The number of carbonyl (C=O) groups is 1. The van der Waals surface area contributed by atoms with Gasteiger partial charge in [0, 0.05) is 39.0 Å². The van der Waals surface area contributed by atoms with Crippen LogP contribution in [0, 0.1) is 0 Å². The summed E-state index contributed by atoms with van der Waals surface area (Å²) in [4.78, 5) is 18.8. The maximum Gasteiger partial charge on any atom is 0.225 e. The second-order valence-electron chi connectivity index (χ2n) is 8.29. The molecular formula is C21H30N2O4. The van der Waals surface area contributed by atoms with Crippen LogP contribution >= 0.6 is 0 Å². The van der Waals surface area contributed by atoms with Crippen molar-refractivity contribution in [2.24, 2.45) is 0 Å². The Morgan fingerprint density at radius 2 is 2.15 bits per heavy atom. The number of hydrogen-bond acceptors (Lipinski definition) is 5. The minimum Gasteiger partial charge on any atom is -0.378 e. The lowest BCUT2D eigenvalue weighted by atomic mass is 9.77. The van der Waals surface area contributed by atoms with E-state index in [1.165, 1.54) is 6.42 Å². The van der Waals surface area contributed by atoms with Gasteiger partial charge in [0.15, 0.2) is 0 Å². The highest BCUT2D eigenvalue weighted by Gasteiger charge is 2.45. The van der Waals surface area contributed by atoms with Crippen molar-refractivity contribution in [1.29, 1.82) is 0 Å². The van der Waals surface area contributed by atoms with Gasteiger partial charge in [0.05, 0.1) is 36.9 Å². The highest BCUT2D eigenvalue weighted by Crippen LogP contribution is 2.40. The molecule has 1 aromatic heterocycles. The molecule has 3 heterocycles. The van der Waals surface area contributed by atoms with Crippen molar-refractivity contribution < 1.29 is 19.0 Å². The first-order valence-electron chi connectivity index (χ1n) is 10.1. The van der Waals surface area contributed by atoms with Crippen molar-refractivity contribution >= 4 is 5.91 Å². The van der Waals surface area contributed by atoms with Crippen LogP contribution in [0.1, 0.15) is 50.5 Å². The van der Waals surface area contributed by atoms with Crippen molar-refractivity contribution in [3.8, 4) is 0 Å². The third-order valence-corrected chi connectivity index (χ3v) is 6.58. The number of amides is 1. The fraction of sp³-hybridized carbons (Fsp3) is 0.714. The fourth-order valence-corrected chi connectivity index (χ4v) is 4.53. The molecule has 0 radical (unpaired) electrons. The SMILES string of the molecule is COC1(CC(=O)N2CCC3(CC2)CC(OCc2cccnc2)CO3)CCC1. The van der Waals surface area contributed by atoms with Crippen LogP contribution in [-0.2, 0) is 25.6 Å². The summed E-state index contributed by atoms with van der Waals surface area (Å²) < 4.78 is 17.8. The normalized spacial score (nSPS) is 26.1. The van der Waals surface area contributed by atoms with Crippen LogP contribution in [0.15, 0.2) is 24.5 Å². The smallest absolute Gasteiger partial charge is 0.225 e. The van der Waals surface area contributed by atoms with Gasteiger partial charge in [0.1, 0.15) is 0 Å². The van der Waals surface area contributed by atoms with Gasteiger partial charge in [-0.05, 0) is 43.7 Å². The highest BCUT2D eigenvalue weighted by atomic mass is 16.6. The zero-order chi connectivity index (χ0) is 18.7. The van der Waals surface area contributed by atoms with Gasteiger partial charge in [0.25, 0.3) is 0 Å². The van der Waals surface area contributed by atoms with Crippen molar-refractivity contribution in [1.82, 2.24) is 9.88 Å². The molecule has 148 valence electrons. The summed E-state index contributed by atoms with van der Waals surface area (Å²) >= 11 is 0. The topological polar surface area (TPSA) is 60.9 Å². The van der Waals surface area contributed by atoms with Crippen LogP contribution in [0.4, 0.5) is 0 Å². The summed E-state index contributed by atoms with van der Waals surface area (Å²) in [6.07, 6.45) is 10.1. The van der Waals surface area contributed by atoms with Crippen molar-refractivity contribution in [2.45, 2.75) is 68.9 Å². The molecular weight excluding hydrogens is 344 g/mol. The van der Waals surface area contributed by atoms with E-state index in [2.05, 4.69) is 4.98 Å². The average Bonchev–Trinajstić information content (AvgIpc) is 3.07. The molecule has 1 aliphatic carbocycles. The molecule has 1 spiro atoms. The predicted octanol–water partition coefficient (Wildman–Crippen LogP) is 2.71. The number of aromatic nitrogens is 1. The van der Waals surface area contributed by atoms with Gasteiger partial charge < -0.3 is 19.1 Å². The van der Waals surface area contributed by atoms with Crippen LogP contribution < -0.4 is 0 Å². The lowest BCUT2D eigenvalue weighted by Gasteiger charge is -2.43. The summed E-state index contributed by atoms with van der Waals surface area (Å²) in [5, 5.41) is 0. The maximum absolute atomic E-state index is 12.7. The predicted molar refractivity (Wildman–Crippen MR) is 100 cm³/mol. The summed E-state index contributed by atoms with van der Waals surface area (Å²) in [5.74, 6) is 0.230. The van der Waals surface area contributed by atoms with Gasteiger partial charge in [-0.15, -0.1) is 0 Å². The largest absolute Gasteiger partial charge is 0.378 e. The molecule has 0 aromatic carbocycles. The van der Waals surface area contributed by atoms with E-state index < -0.39 is 0 Å². The molecule has 4 rings (SSSR count). The van der Waals surface area contributed by atoms with Gasteiger partial charge in [-0.1, -0.05) is 6.07 Å². The average molecular weight is 374 g/mol. The number of carbonyl (C=O) groups excluding carboxylic acids is 1. The molecule has 3 fully saturated rings. The monoisotopic (exact) mass is 374 g/mol. The first kappa shape index (κ1) is 18.8. The third kappa shape index (κ3) is 4.18. The Balaban J connectivity index is 1.23. The van der Waals surface area contributed by atoms with E-state index in [1.54, 1.807) is 13.3 Å². The molecule has 1 aromatic rings. The van der Waals surface area contributed by atoms with Gasteiger partial charge in [0.2, 0.25) is 5.91 Å². The molecule has 6 nitrogen and oxygen atoms in total. The van der Waals surface area contributed by atoms with Crippen LogP contribution in [-0.4, -0.2) is 59.9 Å². The van der Waals surface area contributed by atoms with Crippen molar-refractivity contribution in [3.05, 3.63) is 30.1 Å². The number of piperidine rings is 1. The second-order valence-corrected chi connectivity index (χ2v) is 8.29. The standard InChI is InChI=1S/C21H30N2O4/c1-25-20(5-3-6-20)13-19(24)23-10-7-21(8-11-23)12-18(16-27-21)26-15-17-4-2-9-22-14-17/h2,4,9,14,18H,3,5-8,10-13,15-16H2,1H3. The van der Waals surface area contributed by atoms with E-state index in [4.69, 9.17) is 14.2 Å². The van der Waals surface area contributed by atoms with Crippen LogP contribution in [0.3, 0.4) is 0 Å². The molecule has 3 aliphatic rings. The number of pyridine rings is 1. The second kappa shape index (κ2) is 7.86. The summed E-state index contributed by atoms with van der Waals surface area (Å²) in [7, 11) is 1.73. The quantitative estimate of drug-likeness (QED) is 0.766. The molecule has 2 aliphatic heterocycles. The van der Waals surface area contributed by atoms with Crippen molar-refractivity contribution in [2.75, 3.05) is 26.8 Å². The Kier molecular flexibility index (Phi) is 5.48. The van der Waals surface area contributed by atoms with Gasteiger partial charge in [-0.3, -0.25) is 9.78 Å².